The van der Waals surface area contributed by atoms with Crippen LogP contribution >= 0.6 is 11.8 Å². The molecule has 0 aromatic heterocycles. The van der Waals surface area contributed by atoms with Gasteiger partial charge in [0.05, 0.1) is 16.4 Å². The van der Waals surface area contributed by atoms with Crippen molar-refractivity contribution in [3.8, 4) is 5.75 Å². The fourth-order valence-electron chi connectivity index (χ4n) is 2.66. The first-order valence-electron chi connectivity index (χ1n) is 8.76. The molecule has 1 heterocycles. The predicted molar refractivity (Wildman–Crippen MR) is 112 cm³/mol. The summed E-state index contributed by atoms with van der Waals surface area (Å²) in [6.07, 6.45) is 3.13. The lowest BCUT2D eigenvalue weighted by Gasteiger charge is -2.11. The maximum absolute atomic E-state index is 12.7. The Bertz CT molecular complexity index is 1060. The molecular weight excluding hydrogens is 408 g/mol. The van der Waals surface area contributed by atoms with Crippen LogP contribution in [0.1, 0.15) is 15.9 Å². The minimum absolute atomic E-state index is 0.155. The second-order valence-electron chi connectivity index (χ2n) is 6.13. The third-order valence-corrected chi connectivity index (χ3v) is 5.05. The normalized spacial score (nSPS) is 14.8. The molecule has 0 spiro atoms. The van der Waals surface area contributed by atoms with Crippen LogP contribution in [0.4, 0.5) is 10.5 Å². The standard InChI is InChI=1S/C21H16N2O6S/c1-2-11-29-18-6-4-3-5-15(18)12-19-20(25)22(21(26)30-19)13-17(24)14-7-9-16(10-8-14)23(27)28/h2-10,12H,1,11,13H2/b19-12-. The van der Waals surface area contributed by atoms with E-state index in [2.05, 4.69) is 6.58 Å². The zero-order valence-corrected chi connectivity index (χ0v) is 16.5. The summed E-state index contributed by atoms with van der Waals surface area (Å²) in [6.45, 7) is 3.43. The van der Waals surface area contributed by atoms with E-state index < -0.39 is 28.4 Å². The van der Waals surface area contributed by atoms with Gasteiger partial charge in [-0.3, -0.25) is 29.4 Å². The second-order valence-corrected chi connectivity index (χ2v) is 7.13. The molecule has 3 rings (SSSR count). The van der Waals surface area contributed by atoms with Gasteiger partial charge in [-0.25, -0.2) is 0 Å². The second kappa shape index (κ2) is 9.19. The molecule has 0 bridgehead atoms. The minimum Gasteiger partial charge on any atom is -0.489 e. The zero-order valence-electron chi connectivity index (χ0n) is 15.6. The van der Waals surface area contributed by atoms with E-state index in [1.807, 2.05) is 0 Å². The van der Waals surface area contributed by atoms with Gasteiger partial charge in [-0.15, -0.1) is 0 Å². The number of thioether (sulfide) groups is 1. The summed E-state index contributed by atoms with van der Waals surface area (Å²) in [5.74, 6) is -0.548. The number of carbonyl (C=O) groups excluding carboxylic acids is 3. The number of ketones is 1. The summed E-state index contributed by atoms with van der Waals surface area (Å²) >= 11 is 0.734. The van der Waals surface area contributed by atoms with Crippen LogP contribution in [-0.4, -0.2) is 39.9 Å². The smallest absolute Gasteiger partial charge is 0.293 e. The molecule has 0 radical (unpaired) electrons. The highest BCUT2D eigenvalue weighted by molar-refractivity contribution is 8.18. The number of amides is 2. The van der Waals surface area contributed by atoms with E-state index in [0.29, 0.717) is 11.3 Å². The maximum Gasteiger partial charge on any atom is 0.293 e. The van der Waals surface area contributed by atoms with Crippen molar-refractivity contribution in [3.05, 3.63) is 87.3 Å². The molecule has 0 unspecified atom stereocenters. The number of ether oxygens (including phenoxy) is 1. The SMILES string of the molecule is C=CCOc1ccccc1/C=C1\SC(=O)N(CC(=O)c2ccc([N+](=O)[O-])cc2)C1=O. The summed E-state index contributed by atoms with van der Waals surface area (Å²) in [7, 11) is 0. The average Bonchev–Trinajstić information content (AvgIpc) is 3.00. The largest absolute Gasteiger partial charge is 0.489 e. The van der Waals surface area contributed by atoms with Crippen LogP contribution in [0.25, 0.3) is 6.08 Å². The number of hydrogen-bond acceptors (Lipinski definition) is 7. The number of benzene rings is 2. The van der Waals surface area contributed by atoms with E-state index in [4.69, 9.17) is 4.74 Å². The number of nitro groups is 1. The lowest BCUT2D eigenvalue weighted by atomic mass is 10.1. The van der Waals surface area contributed by atoms with Crippen LogP contribution in [-0.2, 0) is 4.79 Å². The molecule has 0 aliphatic carbocycles. The van der Waals surface area contributed by atoms with Crippen LogP contribution in [0.2, 0.25) is 0 Å². The van der Waals surface area contributed by atoms with Gasteiger partial charge in [0.2, 0.25) is 0 Å². The molecule has 152 valence electrons. The molecule has 1 saturated heterocycles. The van der Waals surface area contributed by atoms with Crippen molar-refractivity contribution >= 4 is 40.5 Å². The fourth-order valence-corrected chi connectivity index (χ4v) is 3.49. The Hall–Kier alpha value is -3.72. The quantitative estimate of drug-likeness (QED) is 0.207. The third-order valence-electron chi connectivity index (χ3n) is 4.14. The number of nitro benzene ring substituents is 1. The summed E-state index contributed by atoms with van der Waals surface area (Å²) in [5, 5.41) is 10.2. The van der Waals surface area contributed by atoms with Crippen molar-refractivity contribution in [3.63, 3.8) is 0 Å². The fraction of sp³-hybridized carbons (Fsp3) is 0.0952. The number of hydrogen-bond donors (Lipinski definition) is 0. The number of carbonyl (C=O) groups is 3. The van der Waals surface area contributed by atoms with E-state index in [1.165, 1.54) is 24.3 Å². The molecule has 0 saturated carbocycles. The lowest BCUT2D eigenvalue weighted by molar-refractivity contribution is -0.384. The summed E-state index contributed by atoms with van der Waals surface area (Å²) in [4.78, 5) is 48.6. The van der Waals surface area contributed by atoms with E-state index in [9.17, 15) is 24.5 Å². The van der Waals surface area contributed by atoms with Gasteiger partial charge in [0.15, 0.2) is 5.78 Å². The molecule has 2 aromatic carbocycles. The number of Topliss-reactive ketones (excluding diaryl/α,β-unsaturated/α-hetero) is 1. The Labute approximate surface area is 176 Å². The number of rotatable bonds is 8. The molecule has 9 heteroatoms. The Balaban J connectivity index is 1.76. The van der Waals surface area contributed by atoms with Crippen molar-refractivity contribution in [2.24, 2.45) is 0 Å². The molecule has 1 fully saturated rings. The van der Waals surface area contributed by atoms with Crippen molar-refractivity contribution in [2.75, 3.05) is 13.2 Å². The van der Waals surface area contributed by atoms with Gasteiger partial charge in [-0.1, -0.05) is 30.9 Å². The predicted octanol–water partition coefficient (Wildman–Crippen LogP) is 4.08. The van der Waals surface area contributed by atoms with E-state index >= 15 is 0 Å². The number of imide groups is 1. The highest BCUT2D eigenvalue weighted by Gasteiger charge is 2.36. The first-order chi connectivity index (χ1) is 14.4. The number of para-hydroxylation sites is 1. The van der Waals surface area contributed by atoms with Crippen LogP contribution in [0.15, 0.2) is 66.1 Å². The van der Waals surface area contributed by atoms with Crippen LogP contribution in [0, 0.1) is 10.1 Å². The van der Waals surface area contributed by atoms with Gasteiger partial charge in [-0.2, -0.15) is 0 Å². The van der Waals surface area contributed by atoms with Gasteiger partial charge in [0.25, 0.3) is 16.8 Å². The number of non-ortho nitro benzene ring substituents is 1. The van der Waals surface area contributed by atoms with E-state index in [1.54, 1.807) is 36.4 Å². The summed E-state index contributed by atoms with van der Waals surface area (Å²) in [6, 6.07) is 12.0. The monoisotopic (exact) mass is 424 g/mol. The molecule has 2 amide bonds. The topological polar surface area (TPSA) is 107 Å². The van der Waals surface area contributed by atoms with E-state index in [-0.39, 0.29) is 22.8 Å². The highest BCUT2D eigenvalue weighted by atomic mass is 32.2. The van der Waals surface area contributed by atoms with Gasteiger partial charge in [-0.05, 0) is 36.0 Å². The average molecular weight is 424 g/mol. The molecule has 0 N–H and O–H groups in total. The molecule has 1 aliphatic rings. The molecule has 30 heavy (non-hydrogen) atoms. The maximum atomic E-state index is 12.7. The highest BCUT2D eigenvalue weighted by Crippen LogP contribution is 2.34. The summed E-state index contributed by atoms with van der Waals surface area (Å²) < 4.78 is 5.55. The summed E-state index contributed by atoms with van der Waals surface area (Å²) in [5.41, 5.74) is 0.635. The van der Waals surface area contributed by atoms with Crippen molar-refractivity contribution in [2.45, 2.75) is 0 Å². The Morgan fingerprint density at radius 1 is 1.17 bits per heavy atom. The van der Waals surface area contributed by atoms with Crippen molar-refractivity contribution in [1.29, 1.82) is 0 Å². The molecule has 8 nitrogen and oxygen atoms in total. The first-order valence-corrected chi connectivity index (χ1v) is 9.58. The molecule has 0 atom stereocenters. The van der Waals surface area contributed by atoms with E-state index in [0.717, 1.165) is 16.7 Å². The number of nitrogens with zero attached hydrogens (tertiary/aromatic N) is 2. The van der Waals surface area contributed by atoms with Crippen molar-refractivity contribution in [1.82, 2.24) is 4.90 Å². The van der Waals surface area contributed by atoms with Gasteiger partial charge in [0.1, 0.15) is 12.4 Å². The molecular formula is C21H16N2O6S. The van der Waals surface area contributed by atoms with Crippen LogP contribution in [0.5, 0.6) is 5.75 Å². The lowest BCUT2D eigenvalue weighted by Crippen LogP contribution is -2.33. The van der Waals surface area contributed by atoms with Crippen molar-refractivity contribution < 1.29 is 24.0 Å². The Morgan fingerprint density at radius 3 is 2.53 bits per heavy atom. The first kappa shape index (κ1) is 21.0. The minimum atomic E-state index is -0.584. The molecule has 2 aromatic rings. The van der Waals surface area contributed by atoms with Crippen LogP contribution in [0.3, 0.4) is 0 Å². The van der Waals surface area contributed by atoms with Gasteiger partial charge < -0.3 is 4.74 Å². The van der Waals surface area contributed by atoms with Gasteiger partial charge >= 0.3 is 0 Å². The Morgan fingerprint density at radius 2 is 1.87 bits per heavy atom. The molecule has 1 aliphatic heterocycles. The van der Waals surface area contributed by atoms with Gasteiger partial charge in [0, 0.05) is 23.3 Å². The Kier molecular flexibility index (Phi) is 6.43. The van der Waals surface area contributed by atoms with Crippen LogP contribution < -0.4 is 4.74 Å². The zero-order chi connectivity index (χ0) is 21.7. The third kappa shape index (κ3) is 4.64.